The molecule has 2 heterocycles. The van der Waals surface area contributed by atoms with Crippen LogP contribution in [0.25, 0.3) is 0 Å². The van der Waals surface area contributed by atoms with E-state index >= 15 is 0 Å². The fourth-order valence-corrected chi connectivity index (χ4v) is 3.78. The van der Waals surface area contributed by atoms with Gasteiger partial charge in [0.1, 0.15) is 29.3 Å². The Balaban J connectivity index is 2.36. The van der Waals surface area contributed by atoms with Gasteiger partial charge in [0, 0.05) is 5.56 Å². The molecule has 8 nitrogen and oxygen atoms in total. The summed E-state index contributed by atoms with van der Waals surface area (Å²) in [5, 5.41) is 24.1. The maximum atomic E-state index is 9.50. The number of hydrogen-bond donors (Lipinski definition) is 4. The molecule has 0 amide bonds. The van der Waals surface area contributed by atoms with Gasteiger partial charge in [-0.1, -0.05) is 32.9 Å². The highest BCUT2D eigenvalue weighted by Gasteiger charge is 2.32. The first kappa shape index (κ1) is 20.0. The van der Waals surface area contributed by atoms with E-state index in [1.54, 1.807) is 0 Å². The lowest BCUT2D eigenvalue weighted by molar-refractivity contribution is 0.808. The zero-order chi connectivity index (χ0) is 21.1. The van der Waals surface area contributed by atoms with Gasteiger partial charge in [0.15, 0.2) is 6.19 Å². The predicted octanol–water partition coefficient (Wildman–Crippen LogP) is 2.75. The third-order valence-corrected chi connectivity index (χ3v) is 5.21. The summed E-state index contributed by atoms with van der Waals surface area (Å²) in [5.41, 5.74) is 17.9. The highest BCUT2D eigenvalue weighted by atomic mass is 15.2. The summed E-state index contributed by atoms with van der Waals surface area (Å²) < 4.78 is 0. The molecule has 148 valence electrons. The van der Waals surface area contributed by atoms with Gasteiger partial charge in [0.2, 0.25) is 5.96 Å². The van der Waals surface area contributed by atoms with Crippen LogP contribution in [0.15, 0.2) is 17.1 Å². The molecule has 0 radical (unpaired) electrons. The molecule has 0 fully saturated rings. The average molecular weight is 388 g/mol. The number of hydrogen-bond acceptors (Lipinski definition) is 8. The molecule has 8 heteroatoms. The molecule has 6 N–H and O–H groups in total. The standard InChI is InChI=1S/C21H24N8/c1-4-11-7-12(5-2)15(13(6-3)8-11)18-16-17(24)14(9-22)19(25)28-20(16)29-21(27-18)26-10-23/h7-8,18H,4-6H2,1-3H3,(H6,24,25,26,27,28,29). The Morgan fingerprint density at radius 2 is 1.72 bits per heavy atom. The number of nitrogen functional groups attached to an aromatic ring is 2. The second-order valence-electron chi connectivity index (χ2n) is 6.79. The monoisotopic (exact) mass is 388 g/mol. The fraction of sp³-hybridized carbons (Fsp3) is 0.333. The minimum atomic E-state index is -0.502. The molecule has 2 aromatic rings. The van der Waals surface area contributed by atoms with Crippen LogP contribution < -0.4 is 22.1 Å². The lowest BCUT2D eigenvalue weighted by Crippen LogP contribution is -2.33. The zero-order valence-corrected chi connectivity index (χ0v) is 16.8. The van der Waals surface area contributed by atoms with E-state index in [-0.39, 0.29) is 23.0 Å². The van der Waals surface area contributed by atoms with Gasteiger partial charge >= 0.3 is 0 Å². The van der Waals surface area contributed by atoms with Gasteiger partial charge in [-0.05, 0) is 41.5 Å². The molecule has 1 aliphatic heterocycles. The van der Waals surface area contributed by atoms with E-state index < -0.39 is 6.04 Å². The molecule has 1 aromatic carbocycles. The number of aliphatic imine (C=N–C) groups is 1. The average Bonchev–Trinajstić information content (AvgIpc) is 2.72. The minimum Gasteiger partial charge on any atom is -0.397 e. The SMILES string of the molecule is CCc1cc(CC)c(C2N=C(NC#N)Nc3nc(N)c(C#N)c(N)c32)c(CC)c1. The van der Waals surface area contributed by atoms with Gasteiger partial charge in [-0.2, -0.15) is 10.5 Å². The van der Waals surface area contributed by atoms with Gasteiger partial charge in [-0.15, -0.1) is 0 Å². The van der Waals surface area contributed by atoms with Crippen LogP contribution in [0.1, 0.15) is 60.2 Å². The molecule has 0 aliphatic carbocycles. The topological polar surface area (TPSA) is 149 Å². The summed E-state index contributed by atoms with van der Waals surface area (Å²) in [7, 11) is 0. The molecular weight excluding hydrogens is 364 g/mol. The third kappa shape index (κ3) is 3.41. The zero-order valence-electron chi connectivity index (χ0n) is 16.8. The summed E-state index contributed by atoms with van der Waals surface area (Å²) in [6, 6.07) is 5.92. The fourth-order valence-electron chi connectivity index (χ4n) is 3.78. The van der Waals surface area contributed by atoms with Crippen LogP contribution in [-0.4, -0.2) is 10.9 Å². The number of nitriles is 2. The van der Waals surface area contributed by atoms with Crippen LogP contribution in [0, 0.1) is 22.8 Å². The number of benzene rings is 1. The van der Waals surface area contributed by atoms with Crippen LogP contribution >= 0.6 is 0 Å². The van der Waals surface area contributed by atoms with Gasteiger partial charge in [0.25, 0.3) is 0 Å². The number of anilines is 3. The van der Waals surface area contributed by atoms with Crippen LogP contribution in [0.5, 0.6) is 0 Å². The van der Waals surface area contributed by atoms with Crippen LogP contribution in [0.2, 0.25) is 0 Å². The van der Waals surface area contributed by atoms with E-state index in [0.717, 1.165) is 36.0 Å². The summed E-state index contributed by atoms with van der Waals surface area (Å²) in [6.07, 6.45) is 4.46. The largest absolute Gasteiger partial charge is 0.397 e. The highest BCUT2D eigenvalue weighted by molar-refractivity contribution is 5.98. The van der Waals surface area contributed by atoms with Crippen molar-refractivity contribution < 1.29 is 0 Å². The molecule has 1 atom stereocenters. The molecule has 3 rings (SSSR count). The van der Waals surface area contributed by atoms with Gasteiger partial charge < -0.3 is 16.8 Å². The Morgan fingerprint density at radius 1 is 1.07 bits per heavy atom. The van der Waals surface area contributed by atoms with Gasteiger partial charge in [-0.25, -0.2) is 9.98 Å². The molecule has 1 aromatic heterocycles. The summed E-state index contributed by atoms with van der Waals surface area (Å²) in [6.45, 7) is 6.33. The van der Waals surface area contributed by atoms with E-state index in [9.17, 15) is 5.26 Å². The number of nitrogens with two attached hydrogens (primary N) is 2. The van der Waals surface area contributed by atoms with Crippen LogP contribution in [0.4, 0.5) is 17.3 Å². The molecule has 1 aliphatic rings. The Morgan fingerprint density at radius 3 is 2.24 bits per heavy atom. The molecule has 0 saturated heterocycles. The number of nitrogens with zero attached hydrogens (tertiary/aromatic N) is 4. The van der Waals surface area contributed by atoms with Crippen molar-refractivity contribution in [1.82, 2.24) is 10.3 Å². The Hall–Kier alpha value is -3.78. The summed E-state index contributed by atoms with van der Waals surface area (Å²) in [4.78, 5) is 9.06. The van der Waals surface area contributed by atoms with Crippen LogP contribution in [0.3, 0.4) is 0 Å². The number of pyridine rings is 1. The molecule has 0 saturated carbocycles. The molecule has 29 heavy (non-hydrogen) atoms. The second-order valence-corrected chi connectivity index (χ2v) is 6.79. The third-order valence-electron chi connectivity index (χ3n) is 5.21. The predicted molar refractivity (Wildman–Crippen MR) is 114 cm³/mol. The lowest BCUT2D eigenvalue weighted by atomic mass is 9.85. The number of aryl methyl sites for hydroxylation is 3. The number of fused-ring (bicyclic) bond motifs is 1. The van der Waals surface area contributed by atoms with E-state index in [1.807, 2.05) is 12.3 Å². The smallest absolute Gasteiger partial charge is 0.211 e. The van der Waals surface area contributed by atoms with Gasteiger partial charge in [-0.3, -0.25) is 5.32 Å². The second kappa shape index (κ2) is 8.07. The maximum Gasteiger partial charge on any atom is 0.211 e. The minimum absolute atomic E-state index is 0.0426. The lowest BCUT2D eigenvalue weighted by Gasteiger charge is -2.29. The van der Waals surface area contributed by atoms with Crippen LogP contribution in [-0.2, 0) is 19.3 Å². The maximum absolute atomic E-state index is 9.50. The van der Waals surface area contributed by atoms with E-state index in [4.69, 9.17) is 21.7 Å². The van der Waals surface area contributed by atoms with Gasteiger partial charge in [0.05, 0.1) is 5.69 Å². The number of aromatic nitrogens is 1. The Bertz CT molecular complexity index is 1050. The highest BCUT2D eigenvalue weighted by Crippen LogP contribution is 2.43. The first-order valence-electron chi connectivity index (χ1n) is 9.62. The number of guanidine groups is 1. The molecule has 0 bridgehead atoms. The Kier molecular flexibility index (Phi) is 5.56. The molecule has 1 unspecified atom stereocenters. The summed E-state index contributed by atoms with van der Waals surface area (Å²) in [5.74, 6) is 0.714. The Labute approximate surface area is 170 Å². The first-order chi connectivity index (χ1) is 14.0. The van der Waals surface area contributed by atoms with Crippen molar-refractivity contribution in [2.45, 2.75) is 46.1 Å². The first-order valence-corrected chi connectivity index (χ1v) is 9.62. The number of rotatable bonds is 4. The quantitative estimate of drug-likeness (QED) is 0.464. The van der Waals surface area contributed by atoms with Crippen molar-refractivity contribution in [3.8, 4) is 12.3 Å². The van der Waals surface area contributed by atoms with Crippen molar-refractivity contribution >= 4 is 23.3 Å². The van der Waals surface area contributed by atoms with Crippen molar-refractivity contribution in [2.24, 2.45) is 4.99 Å². The normalized spacial score (nSPS) is 14.8. The van der Waals surface area contributed by atoms with Crippen molar-refractivity contribution in [1.29, 1.82) is 10.5 Å². The van der Waals surface area contributed by atoms with E-state index in [2.05, 4.69) is 48.5 Å². The summed E-state index contributed by atoms with van der Waals surface area (Å²) >= 11 is 0. The van der Waals surface area contributed by atoms with Crippen molar-refractivity contribution in [3.05, 3.63) is 45.5 Å². The molecular formula is C21H24N8. The van der Waals surface area contributed by atoms with E-state index in [0.29, 0.717) is 11.4 Å². The molecule has 0 spiro atoms. The van der Waals surface area contributed by atoms with Crippen molar-refractivity contribution in [2.75, 3.05) is 16.8 Å². The number of nitrogens with one attached hydrogen (secondary N) is 2. The van der Waals surface area contributed by atoms with Crippen molar-refractivity contribution in [3.63, 3.8) is 0 Å². The van der Waals surface area contributed by atoms with E-state index in [1.165, 1.54) is 5.56 Å².